The van der Waals surface area contributed by atoms with E-state index in [2.05, 4.69) is 11.0 Å². The van der Waals surface area contributed by atoms with Crippen molar-refractivity contribution in [2.75, 3.05) is 44.4 Å². The second kappa shape index (κ2) is 8.02. The average molecular weight is 377 g/mol. The molecule has 1 aliphatic rings. The van der Waals surface area contributed by atoms with Crippen molar-refractivity contribution in [3.63, 3.8) is 0 Å². The van der Waals surface area contributed by atoms with Gasteiger partial charge in [0.1, 0.15) is 5.75 Å². The van der Waals surface area contributed by atoms with Crippen LogP contribution in [0.5, 0.6) is 5.75 Å². The molecule has 1 heterocycles. The molecule has 0 unspecified atom stereocenters. The van der Waals surface area contributed by atoms with Gasteiger partial charge in [0.05, 0.1) is 17.7 Å². The van der Waals surface area contributed by atoms with Crippen LogP contribution in [0, 0.1) is 0 Å². The normalized spacial score (nSPS) is 14.5. The van der Waals surface area contributed by atoms with Gasteiger partial charge in [-0.3, -0.25) is 4.79 Å². The monoisotopic (exact) mass is 376 g/mol. The van der Waals surface area contributed by atoms with Crippen molar-refractivity contribution in [2.24, 2.45) is 0 Å². The Hall–Kier alpha value is -1.85. The summed E-state index contributed by atoms with van der Waals surface area (Å²) in [6.45, 7) is 2.93. The Bertz CT molecular complexity index is 761. The molecule has 1 aliphatic heterocycles. The molecule has 1 amide bonds. The maximum atomic E-state index is 12.8. The predicted molar refractivity (Wildman–Crippen MR) is 104 cm³/mol. The molecule has 0 aromatic heterocycles. The van der Waals surface area contributed by atoms with E-state index in [1.165, 1.54) is 0 Å². The van der Waals surface area contributed by atoms with Crippen LogP contribution in [0.25, 0.3) is 0 Å². The molecule has 132 valence electrons. The number of benzene rings is 2. The van der Waals surface area contributed by atoms with Crippen molar-refractivity contribution in [1.29, 1.82) is 0 Å². The lowest BCUT2D eigenvalue weighted by molar-refractivity contribution is 0.0746. The minimum Gasteiger partial charge on any atom is -0.497 e. The third-order valence-electron chi connectivity index (χ3n) is 4.39. The molecule has 25 heavy (non-hydrogen) atoms. The molecule has 2 aromatic rings. The van der Waals surface area contributed by atoms with E-state index in [0.29, 0.717) is 23.7 Å². The lowest BCUT2D eigenvalue weighted by Crippen LogP contribution is -2.48. The predicted octanol–water partition coefficient (Wildman–Crippen LogP) is 4.03. The van der Waals surface area contributed by atoms with E-state index >= 15 is 0 Å². The maximum Gasteiger partial charge on any atom is 0.255 e. The average Bonchev–Trinajstić information content (AvgIpc) is 2.68. The molecule has 4 nitrogen and oxygen atoms in total. The van der Waals surface area contributed by atoms with Gasteiger partial charge in [-0.25, -0.2) is 0 Å². The van der Waals surface area contributed by atoms with E-state index in [4.69, 9.17) is 16.3 Å². The summed E-state index contributed by atoms with van der Waals surface area (Å²) in [5.74, 6) is 0.850. The molecule has 0 atom stereocenters. The van der Waals surface area contributed by atoms with Gasteiger partial charge < -0.3 is 14.5 Å². The smallest absolute Gasteiger partial charge is 0.255 e. The molecule has 0 aliphatic carbocycles. The van der Waals surface area contributed by atoms with E-state index in [0.717, 1.165) is 29.4 Å². The third kappa shape index (κ3) is 4.05. The van der Waals surface area contributed by atoms with Gasteiger partial charge in [0, 0.05) is 42.8 Å². The minimum atomic E-state index is 0.00573. The molecule has 6 heteroatoms. The van der Waals surface area contributed by atoms with Crippen molar-refractivity contribution < 1.29 is 9.53 Å². The van der Waals surface area contributed by atoms with Crippen LogP contribution in [0.1, 0.15) is 10.4 Å². The topological polar surface area (TPSA) is 32.8 Å². The summed E-state index contributed by atoms with van der Waals surface area (Å²) in [6, 6.07) is 13.6. The molecule has 0 saturated carbocycles. The van der Waals surface area contributed by atoms with Crippen LogP contribution in [-0.2, 0) is 0 Å². The zero-order chi connectivity index (χ0) is 17.8. The van der Waals surface area contributed by atoms with E-state index in [-0.39, 0.29) is 5.91 Å². The van der Waals surface area contributed by atoms with Crippen LogP contribution in [0.15, 0.2) is 47.4 Å². The number of anilines is 1. The number of rotatable bonds is 4. The largest absolute Gasteiger partial charge is 0.497 e. The van der Waals surface area contributed by atoms with E-state index in [1.54, 1.807) is 24.9 Å². The number of thioether (sulfide) groups is 1. The Morgan fingerprint density at radius 1 is 1.12 bits per heavy atom. The molecule has 2 aromatic carbocycles. The lowest BCUT2D eigenvalue weighted by Gasteiger charge is -2.36. The number of carbonyl (C=O) groups excluding carboxylic acids is 1. The standard InChI is InChI=1S/C19H21ClN2O2S/c1-24-15-5-3-4-14(12-15)21-8-10-22(11-9-21)19(23)17-13-16(25-2)6-7-18(17)20/h3-7,12-13H,8-11H2,1-2H3. The first-order valence-corrected chi connectivity index (χ1v) is 9.74. The van der Waals surface area contributed by atoms with E-state index in [9.17, 15) is 4.79 Å². The Morgan fingerprint density at radius 2 is 1.88 bits per heavy atom. The van der Waals surface area contributed by atoms with Gasteiger partial charge in [0.15, 0.2) is 0 Å². The summed E-state index contributed by atoms with van der Waals surface area (Å²) in [7, 11) is 1.67. The molecule has 3 rings (SSSR count). The Balaban J connectivity index is 1.68. The maximum absolute atomic E-state index is 12.8. The van der Waals surface area contributed by atoms with Gasteiger partial charge in [-0.1, -0.05) is 17.7 Å². The highest BCUT2D eigenvalue weighted by molar-refractivity contribution is 7.98. The van der Waals surface area contributed by atoms with Gasteiger partial charge in [0.2, 0.25) is 0 Å². The fourth-order valence-corrected chi connectivity index (χ4v) is 3.58. The number of methoxy groups -OCH3 is 1. The van der Waals surface area contributed by atoms with Crippen LogP contribution in [0.3, 0.4) is 0 Å². The zero-order valence-corrected chi connectivity index (χ0v) is 15.9. The van der Waals surface area contributed by atoms with E-state index < -0.39 is 0 Å². The van der Waals surface area contributed by atoms with Gasteiger partial charge in [-0.05, 0) is 36.6 Å². The molecule has 0 spiro atoms. The summed E-state index contributed by atoms with van der Waals surface area (Å²) < 4.78 is 5.29. The summed E-state index contributed by atoms with van der Waals surface area (Å²) >= 11 is 7.85. The number of ether oxygens (including phenoxy) is 1. The number of carbonyl (C=O) groups is 1. The van der Waals surface area contributed by atoms with Crippen molar-refractivity contribution >= 4 is 35.0 Å². The second-order valence-corrected chi connectivity index (χ2v) is 7.11. The molecule has 0 bridgehead atoms. The number of hydrogen-bond acceptors (Lipinski definition) is 4. The Labute approximate surface area is 157 Å². The highest BCUT2D eigenvalue weighted by atomic mass is 35.5. The summed E-state index contributed by atoms with van der Waals surface area (Å²) in [5.41, 5.74) is 1.71. The SMILES string of the molecule is COc1cccc(N2CCN(C(=O)c3cc(SC)ccc3Cl)CC2)c1. The zero-order valence-electron chi connectivity index (χ0n) is 14.4. The van der Waals surface area contributed by atoms with Crippen LogP contribution in [-0.4, -0.2) is 50.4 Å². The van der Waals surface area contributed by atoms with Gasteiger partial charge in [-0.2, -0.15) is 0 Å². The first-order chi connectivity index (χ1) is 12.1. The van der Waals surface area contributed by atoms with Gasteiger partial charge in [-0.15, -0.1) is 11.8 Å². The van der Waals surface area contributed by atoms with Crippen molar-refractivity contribution in [1.82, 2.24) is 4.90 Å². The van der Waals surface area contributed by atoms with E-state index in [1.807, 2.05) is 41.5 Å². The lowest BCUT2D eigenvalue weighted by atomic mass is 10.1. The number of hydrogen-bond donors (Lipinski definition) is 0. The first kappa shape index (κ1) is 18.0. The summed E-state index contributed by atoms with van der Waals surface area (Å²) in [5, 5.41) is 0.512. The minimum absolute atomic E-state index is 0.00573. The van der Waals surface area contributed by atoms with Crippen molar-refractivity contribution in [3.8, 4) is 5.75 Å². The fraction of sp³-hybridized carbons (Fsp3) is 0.316. The van der Waals surface area contributed by atoms with Crippen LogP contribution in [0.2, 0.25) is 5.02 Å². The Morgan fingerprint density at radius 3 is 2.56 bits per heavy atom. The van der Waals surface area contributed by atoms with Crippen LogP contribution < -0.4 is 9.64 Å². The summed E-state index contributed by atoms with van der Waals surface area (Å²) in [6.07, 6.45) is 1.99. The molecular weight excluding hydrogens is 356 g/mol. The first-order valence-electron chi connectivity index (χ1n) is 8.14. The van der Waals surface area contributed by atoms with Crippen molar-refractivity contribution in [2.45, 2.75) is 4.90 Å². The second-order valence-electron chi connectivity index (χ2n) is 5.83. The highest BCUT2D eigenvalue weighted by Crippen LogP contribution is 2.26. The van der Waals surface area contributed by atoms with Crippen molar-refractivity contribution in [3.05, 3.63) is 53.1 Å². The fourth-order valence-electron chi connectivity index (χ4n) is 2.94. The third-order valence-corrected chi connectivity index (χ3v) is 5.44. The highest BCUT2D eigenvalue weighted by Gasteiger charge is 2.24. The Kier molecular flexibility index (Phi) is 5.76. The van der Waals surface area contributed by atoms with Gasteiger partial charge in [0.25, 0.3) is 5.91 Å². The quantitative estimate of drug-likeness (QED) is 0.754. The van der Waals surface area contributed by atoms with Gasteiger partial charge >= 0.3 is 0 Å². The molecule has 0 radical (unpaired) electrons. The molecule has 1 fully saturated rings. The number of piperazine rings is 1. The number of nitrogens with zero attached hydrogens (tertiary/aromatic N) is 2. The molecule has 1 saturated heterocycles. The number of halogens is 1. The summed E-state index contributed by atoms with van der Waals surface area (Å²) in [4.78, 5) is 18.0. The van der Waals surface area contributed by atoms with Crippen LogP contribution in [0.4, 0.5) is 5.69 Å². The number of amides is 1. The molecule has 0 N–H and O–H groups in total. The molecular formula is C19H21ClN2O2S. The van der Waals surface area contributed by atoms with Crippen LogP contribution >= 0.6 is 23.4 Å².